The molecule has 0 bridgehead atoms. The zero-order valence-electron chi connectivity index (χ0n) is 19.4. The van der Waals surface area contributed by atoms with Gasteiger partial charge in [-0.1, -0.05) is 17.8 Å². The van der Waals surface area contributed by atoms with Gasteiger partial charge in [0.2, 0.25) is 0 Å². The number of aliphatic carboxylic acids is 1. The number of thiophene rings is 1. The molecule has 1 saturated heterocycles. The number of nitrogens with zero attached hydrogens (tertiary/aromatic N) is 4. The first kappa shape index (κ1) is 26.0. The topological polar surface area (TPSA) is 182 Å². The number of fused-ring (bicyclic) bond motifs is 1. The Labute approximate surface area is 217 Å². The van der Waals surface area contributed by atoms with Gasteiger partial charge in [0.05, 0.1) is 0 Å². The van der Waals surface area contributed by atoms with E-state index in [1.54, 1.807) is 36.1 Å². The first-order valence-electron chi connectivity index (χ1n) is 10.5. The Morgan fingerprint density at radius 1 is 1.42 bits per heavy atom. The summed E-state index contributed by atoms with van der Waals surface area (Å²) < 4.78 is 7.27. The quantitative estimate of drug-likeness (QED) is 0.193. The van der Waals surface area contributed by atoms with Gasteiger partial charge in [0.1, 0.15) is 22.9 Å². The average Bonchev–Trinajstić information content (AvgIpc) is 3.49. The molecule has 5 N–H and O–H groups in total. The lowest BCUT2D eigenvalue weighted by Crippen LogP contribution is -2.81. The summed E-state index contributed by atoms with van der Waals surface area (Å²) in [6.07, 6.45) is 0. The maximum Gasteiger partial charge on any atom is 0.352 e. The van der Waals surface area contributed by atoms with Gasteiger partial charge in [-0.2, -0.15) is 0 Å². The predicted molar refractivity (Wildman–Crippen MR) is 132 cm³/mol. The number of hydrogen-bond donors (Lipinski definition) is 4. The van der Waals surface area contributed by atoms with E-state index in [0.717, 1.165) is 4.90 Å². The molecule has 4 amide bonds. The van der Waals surface area contributed by atoms with Crippen LogP contribution in [-0.4, -0.2) is 78.3 Å². The second-order valence-electron chi connectivity index (χ2n) is 7.86. The van der Waals surface area contributed by atoms with Crippen LogP contribution in [0.4, 0.5) is 4.79 Å². The summed E-state index contributed by atoms with van der Waals surface area (Å²) in [6.45, 7) is 1.80. The third kappa shape index (κ3) is 4.44. The molecule has 3 atom stereocenters. The molecule has 0 aliphatic carbocycles. The van der Waals surface area contributed by atoms with Gasteiger partial charge < -0.3 is 30.8 Å². The Morgan fingerprint density at radius 2 is 2.17 bits per heavy atom. The van der Waals surface area contributed by atoms with Gasteiger partial charge in [-0.25, -0.2) is 9.59 Å². The van der Waals surface area contributed by atoms with E-state index in [9.17, 15) is 24.3 Å². The molecule has 1 fully saturated rings. The summed E-state index contributed by atoms with van der Waals surface area (Å²) in [6, 6.07) is 1.28. The van der Waals surface area contributed by atoms with Gasteiger partial charge in [0, 0.05) is 30.5 Å². The molecule has 0 spiro atoms. The van der Waals surface area contributed by atoms with Crippen LogP contribution in [0.1, 0.15) is 16.7 Å². The molecule has 36 heavy (non-hydrogen) atoms. The predicted octanol–water partition coefficient (Wildman–Crippen LogP) is 0.399. The first-order valence-corrected chi connectivity index (χ1v) is 13.4. The zero-order chi connectivity index (χ0) is 26.2. The van der Waals surface area contributed by atoms with Crippen molar-refractivity contribution in [2.24, 2.45) is 12.8 Å². The number of hydrogen-bond acceptors (Lipinski definition) is 10. The second kappa shape index (κ2) is 10.1. The number of carbonyl (C=O) groups is 4. The van der Waals surface area contributed by atoms with Crippen molar-refractivity contribution in [2.45, 2.75) is 29.2 Å². The van der Waals surface area contributed by atoms with Gasteiger partial charge in [-0.15, -0.1) is 33.3 Å². The van der Waals surface area contributed by atoms with Crippen LogP contribution in [0.15, 0.2) is 33.9 Å². The number of urea groups is 1. The van der Waals surface area contributed by atoms with Crippen molar-refractivity contribution in [3.63, 3.8) is 0 Å². The van der Waals surface area contributed by atoms with E-state index in [1.807, 2.05) is 0 Å². The molecule has 13 nitrogen and oxygen atoms in total. The molecule has 2 aliphatic rings. The van der Waals surface area contributed by atoms with Crippen molar-refractivity contribution in [1.82, 2.24) is 30.3 Å². The fraction of sp³-hybridized carbons (Fsp3) is 0.400. The minimum atomic E-state index is -1.81. The minimum absolute atomic E-state index is 0.151. The maximum atomic E-state index is 13.3. The van der Waals surface area contributed by atoms with E-state index in [-0.39, 0.29) is 17.2 Å². The molecule has 2 aliphatic heterocycles. The normalized spacial score (nSPS) is 22.0. The number of aromatic nitrogens is 3. The molecule has 192 valence electrons. The van der Waals surface area contributed by atoms with Crippen molar-refractivity contribution in [3.05, 3.63) is 39.5 Å². The van der Waals surface area contributed by atoms with Crippen LogP contribution in [0.3, 0.4) is 0 Å². The molecular formula is C20H23N7O6S3. The van der Waals surface area contributed by atoms with E-state index in [4.69, 9.17) is 10.5 Å². The number of β-lactam (4-membered cyclic amide) rings is 1. The van der Waals surface area contributed by atoms with E-state index in [0.29, 0.717) is 21.4 Å². The largest absolute Gasteiger partial charge is 0.477 e. The third-order valence-corrected chi connectivity index (χ3v) is 9.17. The smallest absolute Gasteiger partial charge is 0.352 e. The lowest BCUT2D eigenvalue weighted by Gasteiger charge is -2.56. The summed E-state index contributed by atoms with van der Waals surface area (Å²) in [5.41, 5.74) is 3.82. The van der Waals surface area contributed by atoms with Gasteiger partial charge in [-0.05, 0) is 23.9 Å². The second-order valence-corrected chi connectivity index (χ2v) is 10.8. The number of amides is 4. The van der Waals surface area contributed by atoms with Crippen LogP contribution in [0.2, 0.25) is 0 Å². The Morgan fingerprint density at radius 3 is 2.72 bits per heavy atom. The summed E-state index contributed by atoms with van der Waals surface area (Å²) in [5.74, 6) is -1.42. The van der Waals surface area contributed by atoms with Crippen LogP contribution in [0, 0.1) is 6.92 Å². The van der Waals surface area contributed by atoms with Crippen molar-refractivity contribution in [1.29, 1.82) is 0 Å². The van der Waals surface area contributed by atoms with Gasteiger partial charge >= 0.3 is 12.0 Å². The minimum Gasteiger partial charge on any atom is -0.477 e. The molecular weight excluding hydrogens is 530 g/mol. The van der Waals surface area contributed by atoms with E-state index < -0.39 is 41.0 Å². The monoisotopic (exact) mass is 553 g/mol. The third-order valence-electron chi connectivity index (χ3n) is 5.75. The number of carboxylic acid groups (broad SMARTS) is 1. The fourth-order valence-electron chi connectivity index (χ4n) is 3.84. The SMILES string of the molecule is CO[C@]1(NC(=O)C(NC(N)=O)c2cccs2)C(=O)N2C(C(=O)O)=C(CSc3nnc(C)n3C)CSC21. The maximum absolute atomic E-state index is 13.3. The summed E-state index contributed by atoms with van der Waals surface area (Å²) in [7, 11) is 3.06. The molecule has 4 rings (SSSR count). The highest BCUT2D eigenvalue weighted by Gasteiger charge is 2.67. The van der Waals surface area contributed by atoms with Crippen LogP contribution >= 0.6 is 34.9 Å². The van der Waals surface area contributed by atoms with Crippen molar-refractivity contribution in [3.8, 4) is 0 Å². The Kier molecular flexibility index (Phi) is 7.31. The molecule has 4 heterocycles. The van der Waals surface area contributed by atoms with Crippen LogP contribution < -0.4 is 16.4 Å². The molecule has 0 radical (unpaired) electrons. The average molecular weight is 554 g/mol. The highest BCUT2D eigenvalue weighted by atomic mass is 32.2. The lowest BCUT2D eigenvalue weighted by molar-refractivity contribution is -0.192. The number of aryl methyl sites for hydroxylation is 1. The standard InChI is InChI=1S/C20H23N7O6S3/c1-9-24-25-19(26(9)2)36-8-10-7-35-17-20(33-3,16(31)27(17)13(10)15(29)30)23-14(28)12(22-18(21)32)11-5-4-6-34-11/h4-6,12,17H,7-8H2,1-3H3,(H,23,28)(H,29,30)(H3,21,22,32)/t12?,17?,20-/m1/s1. The number of carboxylic acids is 1. The van der Waals surface area contributed by atoms with Crippen LogP contribution in [0.25, 0.3) is 0 Å². The first-order chi connectivity index (χ1) is 17.1. The van der Waals surface area contributed by atoms with Crippen molar-refractivity contribution < 1.29 is 29.0 Å². The number of methoxy groups -OCH3 is 1. The fourth-order valence-corrected chi connectivity index (χ4v) is 7.15. The number of nitrogens with one attached hydrogen (secondary N) is 2. The molecule has 2 aromatic heterocycles. The summed E-state index contributed by atoms with van der Waals surface area (Å²) in [4.78, 5) is 51.8. The highest BCUT2D eigenvalue weighted by molar-refractivity contribution is 8.01. The Bertz CT molecular complexity index is 1250. The molecule has 0 saturated carbocycles. The van der Waals surface area contributed by atoms with Crippen molar-refractivity contribution >= 4 is 58.7 Å². The number of primary amides is 1. The number of nitrogens with two attached hydrogens (primary N) is 1. The van der Waals surface area contributed by atoms with Crippen LogP contribution in [-0.2, 0) is 26.2 Å². The van der Waals surface area contributed by atoms with Crippen molar-refractivity contribution in [2.75, 3.05) is 18.6 Å². The highest BCUT2D eigenvalue weighted by Crippen LogP contribution is 2.47. The van der Waals surface area contributed by atoms with E-state index in [2.05, 4.69) is 20.8 Å². The zero-order valence-corrected chi connectivity index (χ0v) is 21.8. The molecule has 16 heteroatoms. The Balaban J connectivity index is 1.57. The van der Waals surface area contributed by atoms with Gasteiger partial charge in [-0.3, -0.25) is 14.5 Å². The van der Waals surface area contributed by atoms with Gasteiger partial charge in [0.25, 0.3) is 17.5 Å². The lowest BCUT2D eigenvalue weighted by atomic mass is 9.97. The van der Waals surface area contributed by atoms with Crippen LogP contribution in [0.5, 0.6) is 0 Å². The number of carbonyl (C=O) groups excluding carboxylic acids is 3. The van der Waals surface area contributed by atoms with E-state index in [1.165, 1.54) is 42.0 Å². The Hall–Kier alpha value is -3.08. The number of ether oxygens (including phenoxy) is 1. The van der Waals surface area contributed by atoms with Gasteiger partial charge in [0.15, 0.2) is 5.16 Å². The molecule has 2 unspecified atom stereocenters. The molecule has 0 aromatic carbocycles. The summed E-state index contributed by atoms with van der Waals surface area (Å²) >= 11 is 3.80. The molecule has 2 aromatic rings. The number of thioether (sulfide) groups is 2. The summed E-state index contributed by atoms with van der Waals surface area (Å²) in [5, 5.41) is 24.5. The number of rotatable bonds is 9. The van der Waals surface area contributed by atoms with E-state index >= 15 is 0 Å².